The third-order valence-corrected chi connectivity index (χ3v) is 6.53. The number of rotatable bonds is 9. The summed E-state index contributed by atoms with van der Waals surface area (Å²) in [4.78, 5) is 34.4. The second-order valence-electron chi connectivity index (χ2n) is 9.05. The summed E-state index contributed by atoms with van der Waals surface area (Å²) < 4.78 is 7.20. The fraction of sp³-hybridized carbons (Fsp3) is 0.300. The molecule has 4 aromatic rings. The van der Waals surface area contributed by atoms with Crippen molar-refractivity contribution in [2.24, 2.45) is 0 Å². The fourth-order valence-electron chi connectivity index (χ4n) is 4.48. The number of carbonyl (C=O) groups is 1. The van der Waals surface area contributed by atoms with Crippen molar-refractivity contribution >= 4 is 16.8 Å². The maximum Gasteiger partial charge on any atom is 0.266 e. The van der Waals surface area contributed by atoms with E-state index in [0.29, 0.717) is 40.3 Å². The van der Waals surface area contributed by atoms with E-state index in [1.54, 1.807) is 17.7 Å². The summed E-state index contributed by atoms with van der Waals surface area (Å²) in [6.45, 7) is 6.65. The van der Waals surface area contributed by atoms with Gasteiger partial charge in [0.2, 0.25) is 0 Å². The smallest absolute Gasteiger partial charge is 0.266 e. The van der Waals surface area contributed by atoms with E-state index < -0.39 is 6.04 Å². The minimum absolute atomic E-state index is 0.0763. The van der Waals surface area contributed by atoms with Crippen LogP contribution in [0.25, 0.3) is 16.6 Å². The highest BCUT2D eigenvalue weighted by atomic mass is 16.5. The molecule has 1 unspecified atom stereocenters. The molecule has 1 atom stereocenters. The van der Waals surface area contributed by atoms with E-state index in [1.165, 1.54) is 0 Å². The topological polar surface area (TPSA) is 64.4 Å². The molecule has 0 radical (unpaired) electrons. The predicted molar refractivity (Wildman–Crippen MR) is 144 cm³/mol. The molecule has 1 heterocycles. The van der Waals surface area contributed by atoms with Gasteiger partial charge < -0.3 is 9.64 Å². The first-order chi connectivity index (χ1) is 17.5. The molecule has 0 aliphatic rings. The van der Waals surface area contributed by atoms with Crippen molar-refractivity contribution in [1.29, 1.82) is 0 Å². The van der Waals surface area contributed by atoms with Gasteiger partial charge in [0, 0.05) is 12.1 Å². The number of aromatic nitrogens is 2. The Morgan fingerprint density at radius 1 is 1.00 bits per heavy atom. The number of hydrogen-bond donors (Lipinski definition) is 0. The largest absolute Gasteiger partial charge is 0.495 e. The van der Waals surface area contributed by atoms with E-state index in [4.69, 9.17) is 9.72 Å². The fourth-order valence-corrected chi connectivity index (χ4v) is 4.48. The normalized spacial score (nSPS) is 11.9. The van der Waals surface area contributed by atoms with Gasteiger partial charge in [-0.05, 0) is 56.7 Å². The molecule has 3 aromatic carbocycles. The number of fused-ring (bicyclic) bond motifs is 1. The van der Waals surface area contributed by atoms with Crippen molar-refractivity contribution in [3.05, 3.63) is 100 Å². The molecular weight excluding hydrogens is 450 g/mol. The summed E-state index contributed by atoms with van der Waals surface area (Å²) in [7, 11) is 1.58. The average molecular weight is 484 g/mol. The Labute approximate surface area is 212 Å². The summed E-state index contributed by atoms with van der Waals surface area (Å²) in [5.74, 6) is 0.986. The van der Waals surface area contributed by atoms with Gasteiger partial charge in [-0.2, -0.15) is 0 Å². The van der Waals surface area contributed by atoms with Gasteiger partial charge in [0.05, 0.1) is 29.7 Å². The van der Waals surface area contributed by atoms with Crippen LogP contribution >= 0.6 is 0 Å². The van der Waals surface area contributed by atoms with Gasteiger partial charge in [-0.15, -0.1) is 0 Å². The number of amides is 1. The number of ether oxygens (including phenoxy) is 1. The minimum Gasteiger partial charge on any atom is -0.495 e. The zero-order valence-corrected chi connectivity index (χ0v) is 21.4. The third-order valence-electron chi connectivity index (χ3n) is 6.53. The van der Waals surface area contributed by atoms with Crippen LogP contribution in [0.1, 0.15) is 60.9 Å². The molecular formula is C30H33N3O3. The van der Waals surface area contributed by atoms with E-state index >= 15 is 0 Å². The zero-order chi connectivity index (χ0) is 25.7. The van der Waals surface area contributed by atoms with E-state index in [2.05, 4.69) is 6.92 Å². The molecule has 0 saturated heterocycles. The monoisotopic (exact) mass is 483 g/mol. The molecule has 0 spiro atoms. The first kappa shape index (κ1) is 25.2. The Hall–Kier alpha value is -3.93. The molecule has 36 heavy (non-hydrogen) atoms. The highest BCUT2D eigenvalue weighted by Crippen LogP contribution is 2.28. The van der Waals surface area contributed by atoms with Crippen LogP contribution in [0.5, 0.6) is 5.75 Å². The van der Waals surface area contributed by atoms with Crippen LogP contribution < -0.4 is 10.3 Å². The van der Waals surface area contributed by atoms with Crippen LogP contribution in [-0.2, 0) is 0 Å². The zero-order valence-electron chi connectivity index (χ0n) is 21.4. The maximum absolute atomic E-state index is 13.8. The van der Waals surface area contributed by atoms with Crippen molar-refractivity contribution in [3.63, 3.8) is 0 Å². The SMILES string of the molecule is CCCCCN(C(=O)c1ccc(C)cc1)C(C)c1nc2ccccc2c(=O)n1-c1ccccc1OC. The lowest BCUT2D eigenvalue weighted by molar-refractivity contribution is 0.0677. The number of methoxy groups -OCH3 is 1. The summed E-state index contributed by atoms with van der Waals surface area (Å²) in [5, 5.41) is 0.516. The number of unbranched alkanes of at least 4 members (excludes halogenated alkanes) is 2. The Morgan fingerprint density at radius 2 is 1.69 bits per heavy atom. The standard InChI is InChI=1S/C30H33N3O3/c1-5-6-11-20-32(29(34)23-18-16-21(2)17-19-23)22(3)28-31-25-13-8-7-12-24(25)30(35)33(28)26-14-9-10-15-27(26)36-4/h7-10,12-19,22H,5-6,11,20H2,1-4H3. The summed E-state index contributed by atoms with van der Waals surface area (Å²) in [6, 6.07) is 21.9. The van der Waals surface area contributed by atoms with Crippen LogP contribution in [0.2, 0.25) is 0 Å². The molecule has 0 N–H and O–H groups in total. The molecule has 6 heteroatoms. The van der Waals surface area contributed by atoms with Crippen molar-refractivity contribution in [2.45, 2.75) is 46.1 Å². The molecule has 4 rings (SSSR count). The number of aryl methyl sites for hydroxylation is 1. The van der Waals surface area contributed by atoms with Gasteiger partial charge >= 0.3 is 0 Å². The second-order valence-corrected chi connectivity index (χ2v) is 9.05. The van der Waals surface area contributed by atoms with E-state index in [1.807, 2.05) is 85.5 Å². The molecule has 1 aromatic heterocycles. The number of para-hydroxylation sites is 3. The van der Waals surface area contributed by atoms with Crippen LogP contribution in [0.15, 0.2) is 77.6 Å². The van der Waals surface area contributed by atoms with Crippen LogP contribution in [0, 0.1) is 6.92 Å². The van der Waals surface area contributed by atoms with Gasteiger partial charge in [-0.1, -0.05) is 61.7 Å². The number of carbonyl (C=O) groups excluding carboxylic acids is 1. The quantitative estimate of drug-likeness (QED) is 0.270. The Balaban J connectivity index is 1.90. The van der Waals surface area contributed by atoms with Crippen molar-refractivity contribution < 1.29 is 9.53 Å². The highest BCUT2D eigenvalue weighted by molar-refractivity contribution is 5.94. The number of benzene rings is 3. The summed E-state index contributed by atoms with van der Waals surface area (Å²) >= 11 is 0. The van der Waals surface area contributed by atoms with Gasteiger partial charge in [0.25, 0.3) is 11.5 Å². The van der Waals surface area contributed by atoms with Crippen LogP contribution in [0.3, 0.4) is 0 Å². The molecule has 0 bridgehead atoms. The first-order valence-corrected chi connectivity index (χ1v) is 12.5. The van der Waals surface area contributed by atoms with E-state index in [-0.39, 0.29) is 11.5 Å². The van der Waals surface area contributed by atoms with Crippen molar-refractivity contribution in [2.75, 3.05) is 13.7 Å². The minimum atomic E-state index is -0.460. The van der Waals surface area contributed by atoms with Gasteiger partial charge in [0.15, 0.2) is 0 Å². The number of hydrogen-bond acceptors (Lipinski definition) is 4. The van der Waals surface area contributed by atoms with Crippen LogP contribution in [0.4, 0.5) is 0 Å². The second kappa shape index (κ2) is 11.2. The Morgan fingerprint density at radius 3 is 2.42 bits per heavy atom. The number of nitrogens with zero attached hydrogens (tertiary/aromatic N) is 3. The van der Waals surface area contributed by atoms with Crippen molar-refractivity contribution in [1.82, 2.24) is 14.5 Å². The Bertz CT molecular complexity index is 1410. The predicted octanol–water partition coefficient (Wildman–Crippen LogP) is 6.10. The third kappa shape index (κ3) is 5.03. The lowest BCUT2D eigenvalue weighted by Crippen LogP contribution is -2.38. The molecule has 0 saturated carbocycles. The molecule has 0 fully saturated rings. The van der Waals surface area contributed by atoms with Gasteiger partial charge in [-0.25, -0.2) is 4.98 Å². The molecule has 0 aliphatic heterocycles. The van der Waals surface area contributed by atoms with E-state index in [9.17, 15) is 9.59 Å². The Kier molecular flexibility index (Phi) is 7.84. The van der Waals surface area contributed by atoms with Crippen molar-refractivity contribution in [3.8, 4) is 11.4 Å². The lowest BCUT2D eigenvalue weighted by atomic mass is 10.1. The van der Waals surface area contributed by atoms with E-state index in [0.717, 1.165) is 24.8 Å². The van der Waals surface area contributed by atoms with Gasteiger partial charge in [0.1, 0.15) is 11.6 Å². The average Bonchev–Trinajstić information content (AvgIpc) is 2.91. The molecule has 0 aliphatic carbocycles. The molecule has 6 nitrogen and oxygen atoms in total. The molecule has 1 amide bonds. The summed E-state index contributed by atoms with van der Waals surface area (Å²) in [6.07, 6.45) is 2.92. The summed E-state index contributed by atoms with van der Waals surface area (Å²) in [5.41, 5.74) is 2.73. The molecule has 186 valence electrons. The lowest BCUT2D eigenvalue weighted by Gasteiger charge is -2.31. The van der Waals surface area contributed by atoms with Crippen LogP contribution in [-0.4, -0.2) is 34.0 Å². The highest BCUT2D eigenvalue weighted by Gasteiger charge is 2.28. The maximum atomic E-state index is 13.8. The first-order valence-electron chi connectivity index (χ1n) is 12.5. The van der Waals surface area contributed by atoms with Gasteiger partial charge in [-0.3, -0.25) is 14.2 Å².